The Kier molecular flexibility index (Phi) is 4.56. The third-order valence-corrected chi connectivity index (χ3v) is 2.68. The van der Waals surface area contributed by atoms with Crippen molar-refractivity contribution in [3.8, 4) is 5.69 Å². The number of benzene rings is 1. The number of tetrazole rings is 1. The number of amides is 1. The summed E-state index contributed by atoms with van der Waals surface area (Å²) in [5.41, 5.74) is 2.50. The van der Waals surface area contributed by atoms with E-state index in [1.165, 1.54) is 11.0 Å². The standard InChI is InChI=1S/C13H16N6O/c1-3-6-14-8-13(20)16-12-7-11(5-4-10(12)2)19-9-15-17-18-19/h3-5,7,9,14H,1,6,8H2,2H3,(H,16,20). The number of carbonyl (C=O) groups excluding carboxylic acids is 1. The second-order valence-corrected chi connectivity index (χ2v) is 4.22. The first-order valence-electron chi connectivity index (χ1n) is 6.16. The summed E-state index contributed by atoms with van der Waals surface area (Å²) in [4.78, 5) is 11.8. The molecule has 1 aromatic heterocycles. The Labute approximate surface area is 116 Å². The third-order valence-electron chi connectivity index (χ3n) is 2.68. The lowest BCUT2D eigenvalue weighted by Gasteiger charge is -2.10. The number of aryl methyl sites for hydroxylation is 1. The molecule has 20 heavy (non-hydrogen) atoms. The SMILES string of the molecule is C=CCNCC(=O)Nc1cc(-n2cnnn2)ccc1C. The number of aromatic nitrogens is 4. The molecule has 0 fully saturated rings. The smallest absolute Gasteiger partial charge is 0.238 e. The van der Waals surface area contributed by atoms with Crippen molar-refractivity contribution in [3.05, 3.63) is 42.7 Å². The van der Waals surface area contributed by atoms with Gasteiger partial charge in [-0.05, 0) is 35.0 Å². The van der Waals surface area contributed by atoms with Crippen LogP contribution in [0, 0.1) is 6.92 Å². The summed E-state index contributed by atoms with van der Waals surface area (Å²) < 4.78 is 1.53. The fourth-order valence-electron chi connectivity index (χ4n) is 1.65. The zero-order valence-corrected chi connectivity index (χ0v) is 11.2. The van der Waals surface area contributed by atoms with Crippen molar-refractivity contribution in [1.29, 1.82) is 0 Å². The van der Waals surface area contributed by atoms with Gasteiger partial charge in [-0.3, -0.25) is 4.79 Å². The molecule has 2 N–H and O–H groups in total. The van der Waals surface area contributed by atoms with E-state index in [-0.39, 0.29) is 12.5 Å². The first kappa shape index (κ1) is 13.9. The molecule has 0 spiro atoms. The largest absolute Gasteiger partial charge is 0.325 e. The van der Waals surface area contributed by atoms with Gasteiger partial charge < -0.3 is 10.6 Å². The van der Waals surface area contributed by atoms with Gasteiger partial charge in [0.1, 0.15) is 6.33 Å². The average Bonchev–Trinajstić information content (AvgIpc) is 2.95. The van der Waals surface area contributed by atoms with Gasteiger partial charge in [0.15, 0.2) is 0 Å². The first-order chi connectivity index (χ1) is 9.70. The van der Waals surface area contributed by atoms with Crippen LogP contribution in [-0.2, 0) is 4.79 Å². The van der Waals surface area contributed by atoms with Crippen molar-refractivity contribution in [1.82, 2.24) is 25.5 Å². The fraction of sp³-hybridized carbons (Fsp3) is 0.231. The maximum atomic E-state index is 11.8. The van der Waals surface area contributed by atoms with Gasteiger partial charge in [-0.15, -0.1) is 11.7 Å². The van der Waals surface area contributed by atoms with Crippen molar-refractivity contribution in [2.24, 2.45) is 0 Å². The molecule has 1 heterocycles. The summed E-state index contributed by atoms with van der Waals surface area (Å²) in [5, 5.41) is 16.8. The molecule has 0 unspecified atom stereocenters. The minimum Gasteiger partial charge on any atom is -0.325 e. The van der Waals surface area contributed by atoms with Crippen LogP contribution in [0.3, 0.4) is 0 Å². The summed E-state index contributed by atoms with van der Waals surface area (Å²) >= 11 is 0. The molecule has 1 aromatic carbocycles. The van der Waals surface area contributed by atoms with Gasteiger partial charge in [0.25, 0.3) is 0 Å². The van der Waals surface area contributed by atoms with Crippen LogP contribution in [0.4, 0.5) is 5.69 Å². The molecule has 0 atom stereocenters. The molecule has 7 heteroatoms. The Hall–Kier alpha value is -2.54. The molecule has 0 radical (unpaired) electrons. The monoisotopic (exact) mass is 272 g/mol. The Bertz CT molecular complexity index is 593. The second kappa shape index (κ2) is 6.58. The van der Waals surface area contributed by atoms with Gasteiger partial charge >= 0.3 is 0 Å². The van der Waals surface area contributed by atoms with Crippen molar-refractivity contribution in [2.75, 3.05) is 18.4 Å². The highest BCUT2D eigenvalue weighted by atomic mass is 16.1. The fourth-order valence-corrected chi connectivity index (χ4v) is 1.65. The van der Waals surface area contributed by atoms with Gasteiger partial charge in [0, 0.05) is 12.2 Å². The summed E-state index contributed by atoms with van der Waals surface area (Å²) in [7, 11) is 0. The van der Waals surface area contributed by atoms with Crippen LogP contribution in [0.1, 0.15) is 5.56 Å². The maximum Gasteiger partial charge on any atom is 0.238 e. The number of nitrogens with zero attached hydrogens (tertiary/aromatic N) is 4. The summed E-state index contributed by atoms with van der Waals surface area (Å²) in [6.07, 6.45) is 3.21. The molecule has 0 aliphatic carbocycles. The molecule has 2 aromatic rings. The van der Waals surface area contributed by atoms with Crippen LogP contribution in [0.25, 0.3) is 5.69 Å². The van der Waals surface area contributed by atoms with E-state index in [1.807, 2.05) is 25.1 Å². The molecule has 0 saturated carbocycles. The maximum absolute atomic E-state index is 11.8. The molecule has 2 rings (SSSR count). The lowest BCUT2D eigenvalue weighted by Crippen LogP contribution is -2.28. The molecule has 0 aliphatic rings. The van der Waals surface area contributed by atoms with E-state index in [0.717, 1.165) is 16.9 Å². The molecule has 104 valence electrons. The Balaban J connectivity index is 2.09. The van der Waals surface area contributed by atoms with Crippen LogP contribution in [0.15, 0.2) is 37.2 Å². The molecule has 1 amide bonds. The minimum absolute atomic E-state index is 0.108. The lowest BCUT2D eigenvalue weighted by atomic mass is 10.2. The lowest BCUT2D eigenvalue weighted by molar-refractivity contribution is -0.115. The first-order valence-corrected chi connectivity index (χ1v) is 6.16. The normalized spacial score (nSPS) is 10.2. The summed E-state index contributed by atoms with van der Waals surface area (Å²) in [6.45, 7) is 6.34. The summed E-state index contributed by atoms with van der Waals surface area (Å²) in [5.74, 6) is -0.108. The van der Waals surface area contributed by atoms with Crippen molar-refractivity contribution < 1.29 is 4.79 Å². The predicted molar refractivity (Wildman–Crippen MR) is 75.6 cm³/mol. The van der Waals surface area contributed by atoms with E-state index in [4.69, 9.17) is 0 Å². The van der Waals surface area contributed by atoms with Crippen molar-refractivity contribution in [2.45, 2.75) is 6.92 Å². The van der Waals surface area contributed by atoms with E-state index >= 15 is 0 Å². The topological polar surface area (TPSA) is 84.7 Å². The molecule has 0 bridgehead atoms. The number of hydrogen-bond acceptors (Lipinski definition) is 5. The number of nitrogens with one attached hydrogen (secondary N) is 2. The van der Waals surface area contributed by atoms with E-state index in [0.29, 0.717) is 6.54 Å². The molecular weight excluding hydrogens is 256 g/mol. The van der Waals surface area contributed by atoms with E-state index in [1.54, 1.807) is 6.08 Å². The van der Waals surface area contributed by atoms with E-state index < -0.39 is 0 Å². The van der Waals surface area contributed by atoms with Gasteiger partial charge in [0.2, 0.25) is 5.91 Å². The minimum atomic E-state index is -0.108. The second-order valence-electron chi connectivity index (χ2n) is 4.22. The highest BCUT2D eigenvalue weighted by Crippen LogP contribution is 2.18. The zero-order valence-electron chi connectivity index (χ0n) is 11.2. The van der Waals surface area contributed by atoms with E-state index in [2.05, 4.69) is 32.7 Å². The zero-order chi connectivity index (χ0) is 14.4. The quantitative estimate of drug-likeness (QED) is 0.597. The molecule has 7 nitrogen and oxygen atoms in total. The Morgan fingerprint density at radius 3 is 3.05 bits per heavy atom. The molecular formula is C13H16N6O. The summed E-state index contributed by atoms with van der Waals surface area (Å²) in [6, 6.07) is 5.62. The highest BCUT2D eigenvalue weighted by molar-refractivity contribution is 5.93. The molecule has 0 saturated heterocycles. The van der Waals surface area contributed by atoms with Crippen LogP contribution < -0.4 is 10.6 Å². The van der Waals surface area contributed by atoms with E-state index in [9.17, 15) is 4.79 Å². The predicted octanol–water partition coefficient (Wildman–Crippen LogP) is 0.685. The Morgan fingerprint density at radius 1 is 1.50 bits per heavy atom. The number of anilines is 1. The van der Waals surface area contributed by atoms with Crippen LogP contribution in [0.5, 0.6) is 0 Å². The Morgan fingerprint density at radius 2 is 2.35 bits per heavy atom. The van der Waals surface area contributed by atoms with Gasteiger partial charge in [-0.1, -0.05) is 12.1 Å². The number of carbonyl (C=O) groups is 1. The molecule has 0 aliphatic heterocycles. The van der Waals surface area contributed by atoms with Crippen LogP contribution >= 0.6 is 0 Å². The van der Waals surface area contributed by atoms with Crippen LogP contribution in [-0.4, -0.2) is 39.2 Å². The van der Waals surface area contributed by atoms with Gasteiger partial charge in [-0.2, -0.15) is 0 Å². The van der Waals surface area contributed by atoms with Crippen molar-refractivity contribution in [3.63, 3.8) is 0 Å². The number of rotatable bonds is 6. The van der Waals surface area contributed by atoms with Crippen molar-refractivity contribution >= 4 is 11.6 Å². The van der Waals surface area contributed by atoms with Gasteiger partial charge in [0.05, 0.1) is 12.2 Å². The van der Waals surface area contributed by atoms with Gasteiger partial charge in [-0.25, -0.2) is 4.68 Å². The number of hydrogen-bond donors (Lipinski definition) is 2. The third kappa shape index (κ3) is 3.48. The average molecular weight is 272 g/mol. The van der Waals surface area contributed by atoms with Crippen LogP contribution in [0.2, 0.25) is 0 Å². The highest BCUT2D eigenvalue weighted by Gasteiger charge is 2.06.